The van der Waals surface area contributed by atoms with Gasteiger partial charge in [0.2, 0.25) is 0 Å². The smallest absolute Gasteiger partial charge is 0.165 e. The lowest BCUT2D eigenvalue weighted by atomic mass is 10.0. The molecule has 108 valence electrons. The summed E-state index contributed by atoms with van der Waals surface area (Å²) in [5, 5.41) is -0.105. The molecule has 1 aromatic carbocycles. The largest absolute Gasteiger partial charge is 0.494 e. The number of ether oxygens (including phenoxy) is 1. The van der Waals surface area contributed by atoms with E-state index in [4.69, 9.17) is 16.3 Å². The van der Waals surface area contributed by atoms with E-state index in [2.05, 4.69) is 6.92 Å². The molecule has 0 aliphatic heterocycles. The first kappa shape index (κ1) is 16.3. The van der Waals surface area contributed by atoms with Gasteiger partial charge >= 0.3 is 0 Å². The second kappa shape index (κ2) is 9.19. The van der Waals surface area contributed by atoms with Crippen molar-refractivity contribution in [2.45, 2.75) is 57.2 Å². The minimum atomic E-state index is -0.339. The van der Waals surface area contributed by atoms with Crippen LogP contribution in [0.25, 0.3) is 0 Å². The highest BCUT2D eigenvalue weighted by atomic mass is 35.5. The standard InChI is InChI=1S/C16H24ClFO/c1-3-4-5-6-7-8-9-14(17)13-10-11-16(19-2)15(18)12-13/h10-12,14H,3-9H2,1-2H3. The molecule has 1 atom stereocenters. The van der Waals surface area contributed by atoms with E-state index in [0.717, 1.165) is 18.4 Å². The number of hydrogen-bond acceptors (Lipinski definition) is 1. The summed E-state index contributed by atoms with van der Waals surface area (Å²) in [5.41, 5.74) is 0.841. The number of hydrogen-bond donors (Lipinski definition) is 0. The van der Waals surface area contributed by atoms with E-state index in [1.165, 1.54) is 45.3 Å². The maximum absolute atomic E-state index is 13.6. The minimum Gasteiger partial charge on any atom is -0.494 e. The average molecular weight is 287 g/mol. The number of halogens is 2. The van der Waals surface area contributed by atoms with Crippen LogP contribution in [0.15, 0.2) is 18.2 Å². The first-order valence-corrected chi connectivity index (χ1v) is 7.60. The molecule has 1 rings (SSSR count). The molecule has 0 N–H and O–H groups in total. The highest BCUT2D eigenvalue weighted by Crippen LogP contribution is 2.29. The molecule has 1 nitrogen and oxygen atoms in total. The number of rotatable bonds is 9. The van der Waals surface area contributed by atoms with Gasteiger partial charge in [-0.2, -0.15) is 0 Å². The molecule has 1 unspecified atom stereocenters. The van der Waals surface area contributed by atoms with Crippen molar-refractivity contribution in [3.05, 3.63) is 29.6 Å². The van der Waals surface area contributed by atoms with Crippen molar-refractivity contribution in [1.82, 2.24) is 0 Å². The Labute approximate surface area is 121 Å². The summed E-state index contributed by atoms with van der Waals surface area (Å²) in [6.45, 7) is 2.22. The fourth-order valence-electron chi connectivity index (χ4n) is 2.15. The summed E-state index contributed by atoms with van der Waals surface area (Å²) in [6, 6.07) is 4.96. The molecule has 0 radical (unpaired) electrons. The quantitative estimate of drug-likeness (QED) is 0.408. The predicted molar refractivity (Wildman–Crippen MR) is 79.5 cm³/mol. The maximum atomic E-state index is 13.6. The monoisotopic (exact) mass is 286 g/mol. The normalized spacial score (nSPS) is 12.4. The molecular weight excluding hydrogens is 263 g/mol. The van der Waals surface area contributed by atoms with Crippen molar-refractivity contribution in [2.75, 3.05) is 7.11 Å². The summed E-state index contributed by atoms with van der Waals surface area (Å²) in [6.07, 6.45) is 8.37. The molecule has 0 saturated carbocycles. The Balaban J connectivity index is 2.33. The van der Waals surface area contributed by atoms with Crippen molar-refractivity contribution < 1.29 is 9.13 Å². The minimum absolute atomic E-state index is 0.105. The molecule has 0 spiro atoms. The fraction of sp³-hybridized carbons (Fsp3) is 0.625. The van der Waals surface area contributed by atoms with Crippen LogP contribution in [0.3, 0.4) is 0 Å². The van der Waals surface area contributed by atoms with Crippen LogP contribution < -0.4 is 4.74 Å². The SMILES string of the molecule is CCCCCCCCC(Cl)c1ccc(OC)c(F)c1. The van der Waals surface area contributed by atoms with Gasteiger partial charge in [0.05, 0.1) is 12.5 Å². The second-order valence-corrected chi connectivity index (χ2v) is 5.44. The molecule has 0 aliphatic carbocycles. The van der Waals surface area contributed by atoms with Crippen molar-refractivity contribution in [3.8, 4) is 5.75 Å². The Morgan fingerprint density at radius 2 is 1.84 bits per heavy atom. The van der Waals surface area contributed by atoms with E-state index >= 15 is 0 Å². The van der Waals surface area contributed by atoms with E-state index in [1.807, 2.05) is 6.07 Å². The lowest BCUT2D eigenvalue weighted by Crippen LogP contribution is -1.94. The number of methoxy groups -OCH3 is 1. The Kier molecular flexibility index (Phi) is 7.88. The highest BCUT2D eigenvalue weighted by Gasteiger charge is 2.11. The second-order valence-electron chi connectivity index (χ2n) is 4.92. The lowest BCUT2D eigenvalue weighted by Gasteiger charge is -2.11. The van der Waals surface area contributed by atoms with E-state index < -0.39 is 0 Å². The fourth-order valence-corrected chi connectivity index (χ4v) is 2.44. The van der Waals surface area contributed by atoms with Crippen LogP contribution in [0.2, 0.25) is 0 Å². The third kappa shape index (κ3) is 5.82. The number of unbranched alkanes of at least 4 members (excludes halogenated alkanes) is 5. The molecule has 19 heavy (non-hydrogen) atoms. The van der Waals surface area contributed by atoms with Gasteiger partial charge in [-0.15, -0.1) is 11.6 Å². The molecule has 0 bridgehead atoms. The van der Waals surface area contributed by atoms with Gasteiger partial charge in [-0.05, 0) is 24.1 Å². The molecule has 3 heteroatoms. The van der Waals surface area contributed by atoms with Gasteiger partial charge in [0.1, 0.15) is 0 Å². The van der Waals surface area contributed by atoms with Gasteiger partial charge in [-0.3, -0.25) is 0 Å². The molecule has 0 saturated heterocycles. The molecular formula is C16H24ClFO. The Bertz CT molecular complexity index is 368. The summed E-state index contributed by atoms with van der Waals surface area (Å²) in [5.74, 6) is -0.0687. The summed E-state index contributed by atoms with van der Waals surface area (Å²) >= 11 is 6.31. The van der Waals surface area contributed by atoms with Crippen LogP contribution in [-0.4, -0.2) is 7.11 Å². The van der Waals surface area contributed by atoms with E-state index in [1.54, 1.807) is 6.07 Å². The Hall–Kier alpha value is -0.760. The molecule has 0 heterocycles. The zero-order valence-corrected chi connectivity index (χ0v) is 12.7. The van der Waals surface area contributed by atoms with Gasteiger partial charge in [-0.1, -0.05) is 51.5 Å². The molecule has 0 aliphatic rings. The maximum Gasteiger partial charge on any atom is 0.165 e. The van der Waals surface area contributed by atoms with E-state index in [9.17, 15) is 4.39 Å². The molecule has 0 aromatic heterocycles. The summed E-state index contributed by atoms with van der Waals surface area (Å²) < 4.78 is 18.5. The van der Waals surface area contributed by atoms with Crippen molar-refractivity contribution in [1.29, 1.82) is 0 Å². The molecule has 0 amide bonds. The zero-order chi connectivity index (χ0) is 14.1. The molecule has 0 fully saturated rings. The average Bonchev–Trinajstić information content (AvgIpc) is 2.42. The summed E-state index contributed by atoms with van der Waals surface area (Å²) in [4.78, 5) is 0. The predicted octanol–water partition coefficient (Wildman–Crippen LogP) is 5.86. The van der Waals surface area contributed by atoms with Crippen LogP contribution in [0, 0.1) is 5.82 Å². The van der Waals surface area contributed by atoms with Gasteiger partial charge < -0.3 is 4.74 Å². The van der Waals surface area contributed by atoms with Crippen LogP contribution in [0.4, 0.5) is 4.39 Å². The van der Waals surface area contributed by atoms with Crippen molar-refractivity contribution in [2.24, 2.45) is 0 Å². The highest BCUT2D eigenvalue weighted by molar-refractivity contribution is 6.20. The summed E-state index contributed by atoms with van der Waals surface area (Å²) in [7, 11) is 1.46. The number of alkyl halides is 1. The van der Waals surface area contributed by atoms with Gasteiger partial charge in [0.15, 0.2) is 11.6 Å². The van der Waals surface area contributed by atoms with Crippen molar-refractivity contribution >= 4 is 11.6 Å². The molecule has 1 aromatic rings. The first-order chi connectivity index (χ1) is 9.19. The van der Waals surface area contributed by atoms with Crippen LogP contribution >= 0.6 is 11.6 Å². The topological polar surface area (TPSA) is 9.23 Å². The first-order valence-electron chi connectivity index (χ1n) is 7.16. The third-order valence-electron chi connectivity index (χ3n) is 3.35. The van der Waals surface area contributed by atoms with Crippen LogP contribution in [0.5, 0.6) is 5.75 Å². The Morgan fingerprint density at radius 3 is 2.47 bits per heavy atom. The lowest BCUT2D eigenvalue weighted by molar-refractivity contribution is 0.386. The number of benzene rings is 1. The van der Waals surface area contributed by atoms with Crippen LogP contribution in [0.1, 0.15) is 62.8 Å². The van der Waals surface area contributed by atoms with Crippen molar-refractivity contribution in [3.63, 3.8) is 0 Å². The van der Waals surface area contributed by atoms with Gasteiger partial charge in [-0.25, -0.2) is 4.39 Å². The van der Waals surface area contributed by atoms with Gasteiger partial charge in [0.25, 0.3) is 0 Å². The Morgan fingerprint density at radius 1 is 1.16 bits per heavy atom. The van der Waals surface area contributed by atoms with Gasteiger partial charge in [0, 0.05) is 0 Å². The van der Waals surface area contributed by atoms with E-state index in [-0.39, 0.29) is 16.9 Å². The third-order valence-corrected chi connectivity index (χ3v) is 3.82. The zero-order valence-electron chi connectivity index (χ0n) is 11.9. The van der Waals surface area contributed by atoms with E-state index in [0.29, 0.717) is 0 Å². The van der Waals surface area contributed by atoms with Crippen LogP contribution in [-0.2, 0) is 0 Å².